The Morgan fingerprint density at radius 1 is 1.11 bits per heavy atom. The van der Waals surface area contributed by atoms with Crippen molar-refractivity contribution in [2.75, 3.05) is 5.73 Å². The van der Waals surface area contributed by atoms with Crippen molar-refractivity contribution in [3.63, 3.8) is 0 Å². The lowest BCUT2D eigenvalue weighted by molar-refractivity contribution is -0.143. The highest BCUT2D eigenvalue weighted by Crippen LogP contribution is 2.31. The highest BCUT2D eigenvalue weighted by atomic mass is 19.4. The Bertz CT molecular complexity index is 404. The summed E-state index contributed by atoms with van der Waals surface area (Å²) in [5, 5.41) is 0. The van der Waals surface area contributed by atoms with Crippen molar-refractivity contribution < 1.29 is 17.6 Å². The van der Waals surface area contributed by atoms with Crippen LogP contribution in [0.1, 0.15) is 44.0 Å². The fourth-order valence-corrected chi connectivity index (χ4v) is 1.59. The Balaban J connectivity index is 2.88. The second-order valence-corrected chi connectivity index (χ2v) is 4.00. The quantitative estimate of drug-likeness (QED) is 0.656. The number of hydrogen-bond acceptors (Lipinski definition) is 3. The lowest BCUT2D eigenvalue weighted by atomic mass is 10.1. The van der Waals surface area contributed by atoms with Gasteiger partial charge in [-0.25, -0.2) is 14.4 Å². The molecule has 0 bridgehead atoms. The maximum Gasteiger partial charge on any atom is 0.436 e. The molecule has 0 aliphatic carbocycles. The van der Waals surface area contributed by atoms with Crippen molar-refractivity contribution in [1.82, 2.24) is 9.97 Å². The highest BCUT2D eigenvalue weighted by Gasteiger charge is 2.38. The normalized spacial score (nSPS) is 11.8. The van der Waals surface area contributed by atoms with E-state index in [1.807, 2.05) is 6.92 Å². The first-order chi connectivity index (χ1) is 8.36. The van der Waals surface area contributed by atoms with Crippen LogP contribution in [0, 0.1) is 5.82 Å². The van der Waals surface area contributed by atoms with E-state index in [-0.39, 0.29) is 12.1 Å². The number of hydrogen-bond donors (Lipinski definition) is 1. The van der Waals surface area contributed by atoms with Crippen LogP contribution in [0.25, 0.3) is 0 Å². The second kappa shape index (κ2) is 5.97. The molecule has 0 fully saturated rings. The fourth-order valence-electron chi connectivity index (χ4n) is 1.59. The van der Waals surface area contributed by atoms with Gasteiger partial charge in [-0.1, -0.05) is 26.2 Å². The third-order valence-corrected chi connectivity index (χ3v) is 2.47. The van der Waals surface area contributed by atoms with E-state index in [0.717, 1.165) is 19.3 Å². The number of alkyl halides is 3. The minimum atomic E-state index is -4.85. The summed E-state index contributed by atoms with van der Waals surface area (Å²) in [6.45, 7) is 2.00. The van der Waals surface area contributed by atoms with Gasteiger partial charge >= 0.3 is 6.18 Å². The zero-order valence-corrected chi connectivity index (χ0v) is 10.0. The van der Waals surface area contributed by atoms with E-state index < -0.39 is 23.6 Å². The molecule has 1 aromatic rings. The number of rotatable bonds is 5. The monoisotopic (exact) mass is 265 g/mol. The van der Waals surface area contributed by atoms with Gasteiger partial charge in [0, 0.05) is 0 Å². The molecule has 0 saturated heterocycles. The van der Waals surface area contributed by atoms with Gasteiger partial charge in [-0.15, -0.1) is 0 Å². The summed E-state index contributed by atoms with van der Waals surface area (Å²) in [4.78, 5) is 6.45. The Morgan fingerprint density at radius 3 is 2.33 bits per heavy atom. The number of anilines is 1. The third kappa shape index (κ3) is 3.82. The molecule has 0 radical (unpaired) electrons. The van der Waals surface area contributed by atoms with Crippen LogP contribution in [0.3, 0.4) is 0 Å². The van der Waals surface area contributed by atoms with E-state index in [1.54, 1.807) is 0 Å². The van der Waals surface area contributed by atoms with Crippen molar-refractivity contribution in [2.24, 2.45) is 0 Å². The molecule has 7 heteroatoms. The Kier molecular flexibility index (Phi) is 4.86. The van der Waals surface area contributed by atoms with Crippen LogP contribution in [0.4, 0.5) is 23.5 Å². The van der Waals surface area contributed by atoms with Gasteiger partial charge in [0.15, 0.2) is 11.5 Å². The van der Waals surface area contributed by atoms with Crippen molar-refractivity contribution in [1.29, 1.82) is 0 Å². The Labute approximate surface area is 102 Å². The lowest BCUT2D eigenvalue weighted by Gasteiger charge is -2.10. The molecule has 1 heterocycles. The zero-order chi connectivity index (χ0) is 13.8. The fraction of sp³-hybridized carbons (Fsp3) is 0.636. The summed E-state index contributed by atoms with van der Waals surface area (Å²) in [5.41, 5.74) is 3.33. The summed E-state index contributed by atoms with van der Waals surface area (Å²) >= 11 is 0. The lowest BCUT2D eigenvalue weighted by Crippen LogP contribution is -2.16. The van der Waals surface area contributed by atoms with Gasteiger partial charge in [0.05, 0.1) is 5.69 Å². The summed E-state index contributed by atoms with van der Waals surface area (Å²) < 4.78 is 51.0. The number of halogens is 4. The van der Waals surface area contributed by atoms with Crippen molar-refractivity contribution in [2.45, 2.75) is 45.2 Å². The molecule has 0 aliphatic rings. The first kappa shape index (κ1) is 14.7. The van der Waals surface area contributed by atoms with Gasteiger partial charge in [-0.3, -0.25) is 0 Å². The summed E-state index contributed by atoms with van der Waals surface area (Å²) in [6, 6.07) is 0. The summed E-state index contributed by atoms with van der Waals surface area (Å²) in [7, 11) is 0. The molecule has 0 aromatic carbocycles. The number of nitrogen functional groups attached to an aromatic ring is 1. The molecule has 0 atom stereocenters. The molecule has 0 spiro atoms. The first-order valence-corrected chi connectivity index (χ1v) is 5.75. The van der Waals surface area contributed by atoms with Gasteiger partial charge in [-0.2, -0.15) is 13.2 Å². The maximum absolute atomic E-state index is 13.6. The van der Waals surface area contributed by atoms with E-state index in [4.69, 9.17) is 5.73 Å². The Hall–Kier alpha value is -1.40. The molecular formula is C11H15F4N3. The van der Waals surface area contributed by atoms with Crippen LogP contribution in [-0.4, -0.2) is 9.97 Å². The second-order valence-electron chi connectivity index (χ2n) is 4.00. The standard InChI is InChI=1S/C11H15F4N3/c1-2-3-4-5-6-7-8(12)9(11(13,14)15)18-10(16)17-7/h2-6H2,1H3,(H2,16,17,18). The highest BCUT2D eigenvalue weighted by molar-refractivity contribution is 5.26. The van der Waals surface area contributed by atoms with Crippen LogP contribution in [0.15, 0.2) is 0 Å². The molecule has 1 aromatic heterocycles. The number of nitrogens with two attached hydrogens (primary N) is 1. The molecule has 3 nitrogen and oxygen atoms in total. The number of aromatic nitrogens is 2. The largest absolute Gasteiger partial charge is 0.436 e. The predicted molar refractivity (Wildman–Crippen MR) is 59.3 cm³/mol. The average Bonchev–Trinajstić information content (AvgIpc) is 2.27. The minimum Gasteiger partial charge on any atom is -0.368 e. The van der Waals surface area contributed by atoms with E-state index in [0.29, 0.717) is 6.42 Å². The molecule has 1 rings (SSSR count). The van der Waals surface area contributed by atoms with Crippen LogP contribution in [-0.2, 0) is 12.6 Å². The smallest absolute Gasteiger partial charge is 0.368 e. The number of aryl methyl sites for hydroxylation is 1. The van der Waals surface area contributed by atoms with Crippen LogP contribution in [0.2, 0.25) is 0 Å². The number of unbranched alkanes of at least 4 members (excludes halogenated alkanes) is 3. The van der Waals surface area contributed by atoms with Crippen molar-refractivity contribution in [3.8, 4) is 0 Å². The van der Waals surface area contributed by atoms with Gasteiger partial charge in [0.1, 0.15) is 0 Å². The molecule has 0 amide bonds. The molecule has 0 unspecified atom stereocenters. The van der Waals surface area contributed by atoms with Gasteiger partial charge in [0.25, 0.3) is 0 Å². The van der Waals surface area contributed by atoms with E-state index in [1.165, 1.54) is 0 Å². The van der Waals surface area contributed by atoms with Crippen molar-refractivity contribution in [3.05, 3.63) is 17.2 Å². The van der Waals surface area contributed by atoms with Crippen LogP contribution >= 0.6 is 0 Å². The predicted octanol–water partition coefficient (Wildman–Crippen LogP) is 3.34. The molecular weight excluding hydrogens is 250 g/mol. The SMILES string of the molecule is CCCCCCc1nc(N)nc(C(F)(F)F)c1F. The van der Waals surface area contributed by atoms with Crippen LogP contribution in [0.5, 0.6) is 0 Å². The minimum absolute atomic E-state index is 0.141. The van der Waals surface area contributed by atoms with Crippen LogP contribution < -0.4 is 5.73 Å². The zero-order valence-electron chi connectivity index (χ0n) is 10.0. The maximum atomic E-state index is 13.6. The van der Waals surface area contributed by atoms with E-state index in [9.17, 15) is 17.6 Å². The first-order valence-electron chi connectivity index (χ1n) is 5.75. The van der Waals surface area contributed by atoms with Crippen molar-refractivity contribution >= 4 is 5.95 Å². The molecule has 2 N–H and O–H groups in total. The van der Waals surface area contributed by atoms with E-state index >= 15 is 0 Å². The topological polar surface area (TPSA) is 51.8 Å². The van der Waals surface area contributed by atoms with Gasteiger partial charge in [0.2, 0.25) is 5.95 Å². The van der Waals surface area contributed by atoms with Gasteiger partial charge < -0.3 is 5.73 Å². The third-order valence-electron chi connectivity index (χ3n) is 2.47. The number of nitrogens with zero attached hydrogens (tertiary/aromatic N) is 2. The summed E-state index contributed by atoms with van der Waals surface area (Å²) in [6.07, 6.45) is -1.36. The molecule has 0 aliphatic heterocycles. The van der Waals surface area contributed by atoms with E-state index in [2.05, 4.69) is 9.97 Å². The van der Waals surface area contributed by atoms with Gasteiger partial charge in [-0.05, 0) is 12.8 Å². The molecule has 0 saturated carbocycles. The Morgan fingerprint density at radius 2 is 1.78 bits per heavy atom. The molecule has 102 valence electrons. The summed E-state index contributed by atoms with van der Waals surface area (Å²) in [5.74, 6) is -1.96. The average molecular weight is 265 g/mol. The molecule has 18 heavy (non-hydrogen) atoms.